The Labute approximate surface area is 111 Å². The predicted octanol–water partition coefficient (Wildman–Crippen LogP) is 2.99. The monoisotopic (exact) mass is 257 g/mol. The van der Waals surface area contributed by atoms with Crippen molar-refractivity contribution in [3.05, 3.63) is 48.3 Å². The normalized spacial score (nSPS) is 10.2. The Balaban J connectivity index is 0.000000180. The van der Waals surface area contributed by atoms with Crippen LogP contribution in [0.4, 0.5) is 0 Å². The van der Waals surface area contributed by atoms with Crippen LogP contribution in [0.15, 0.2) is 42.6 Å². The number of nitrogens with zero attached hydrogens (tertiary/aromatic N) is 1. The van der Waals surface area contributed by atoms with Gasteiger partial charge in [0.25, 0.3) is 0 Å². The van der Waals surface area contributed by atoms with Gasteiger partial charge in [0.2, 0.25) is 5.91 Å². The number of hydrogen-bond donors (Lipinski definition) is 0. The Morgan fingerprint density at radius 3 is 2.05 bits per heavy atom. The van der Waals surface area contributed by atoms with Gasteiger partial charge in [-0.1, -0.05) is 24.3 Å². The molecule has 0 spiro atoms. The molecule has 4 nitrogen and oxygen atoms in total. The highest BCUT2D eigenvalue weighted by Crippen LogP contribution is 2.29. The van der Waals surface area contributed by atoms with Gasteiger partial charge < -0.3 is 4.74 Å². The molecule has 0 N–H and O–H groups in total. The van der Waals surface area contributed by atoms with Crippen molar-refractivity contribution >= 4 is 11.9 Å². The Bertz CT molecular complexity index is 575. The van der Waals surface area contributed by atoms with Gasteiger partial charge in [0, 0.05) is 13.1 Å². The summed E-state index contributed by atoms with van der Waals surface area (Å²) in [5, 5.41) is 0. The van der Waals surface area contributed by atoms with E-state index >= 15 is 0 Å². The zero-order valence-electron chi connectivity index (χ0n) is 10.9. The smallest absolute Gasteiger partial charge is 0.355 e. The summed E-state index contributed by atoms with van der Waals surface area (Å²) in [5.41, 5.74) is 3.12. The van der Waals surface area contributed by atoms with Crippen LogP contribution in [0.25, 0.3) is 11.1 Å². The second kappa shape index (κ2) is 5.52. The maximum absolute atomic E-state index is 11.2. The number of carbonyl (C=O) groups excluding carboxylic acids is 2. The van der Waals surface area contributed by atoms with Crippen LogP contribution >= 0.6 is 0 Å². The third-order valence-corrected chi connectivity index (χ3v) is 2.79. The molecule has 0 saturated heterocycles. The van der Waals surface area contributed by atoms with Gasteiger partial charge in [-0.25, -0.2) is 4.79 Å². The van der Waals surface area contributed by atoms with Gasteiger partial charge in [-0.15, -0.1) is 0 Å². The highest BCUT2D eigenvalue weighted by molar-refractivity contribution is 5.93. The Hall–Kier alpha value is -2.36. The molecule has 0 fully saturated rings. The molecule has 1 heterocycles. The molecular formula is C15H15NO3. The van der Waals surface area contributed by atoms with Crippen molar-refractivity contribution in [2.75, 3.05) is 6.61 Å². The van der Waals surface area contributed by atoms with E-state index in [1.807, 2.05) is 0 Å². The minimum absolute atomic E-state index is 0.201. The molecule has 0 saturated carbocycles. The largest absolute Gasteiger partial charge is 0.461 e. The molecule has 0 radical (unpaired) electrons. The standard InChI is InChI=1S/C9H11NO3.C6H4/c1-3-13-9(12)8-5-4-6-10(8)7(2)11;1-2-6-4-3-5(1)6/h4-6H,3H2,1-2H3;1-4H. The van der Waals surface area contributed by atoms with E-state index in [2.05, 4.69) is 24.3 Å². The van der Waals surface area contributed by atoms with Crippen LogP contribution < -0.4 is 0 Å². The average Bonchev–Trinajstić information content (AvgIpc) is 2.84. The van der Waals surface area contributed by atoms with Gasteiger partial charge in [0.05, 0.1) is 6.61 Å². The molecule has 0 atom stereocenters. The number of carbonyl (C=O) groups is 2. The van der Waals surface area contributed by atoms with Crippen LogP contribution in [-0.4, -0.2) is 23.1 Å². The minimum atomic E-state index is -0.470. The first-order chi connectivity index (χ1) is 9.13. The van der Waals surface area contributed by atoms with E-state index in [9.17, 15) is 9.59 Å². The third-order valence-electron chi connectivity index (χ3n) is 2.79. The fourth-order valence-electron chi connectivity index (χ4n) is 1.69. The molecule has 98 valence electrons. The number of benzene rings is 1. The molecule has 3 rings (SSSR count). The van der Waals surface area contributed by atoms with Gasteiger partial charge >= 0.3 is 5.97 Å². The van der Waals surface area contributed by atoms with Gasteiger partial charge in [-0.3, -0.25) is 9.36 Å². The molecule has 19 heavy (non-hydrogen) atoms. The lowest BCUT2D eigenvalue weighted by Crippen LogP contribution is -2.15. The Kier molecular flexibility index (Phi) is 3.80. The van der Waals surface area contributed by atoms with Crippen LogP contribution in [0.1, 0.15) is 29.1 Å². The maximum atomic E-state index is 11.2. The highest BCUT2D eigenvalue weighted by atomic mass is 16.5. The fraction of sp³-hybridized carbons (Fsp3) is 0.200. The van der Waals surface area contributed by atoms with E-state index < -0.39 is 5.97 Å². The molecule has 0 aliphatic heterocycles. The minimum Gasteiger partial charge on any atom is -0.461 e. The molecule has 1 aromatic heterocycles. The number of aromatic nitrogens is 1. The Morgan fingerprint density at radius 1 is 1.11 bits per heavy atom. The molecule has 0 bridgehead atoms. The number of hydrogen-bond acceptors (Lipinski definition) is 3. The lowest BCUT2D eigenvalue weighted by Gasteiger charge is -2.10. The summed E-state index contributed by atoms with van der Waals surface area (Å²) in [4.78, 5) is 22.2. The lowest BCUT2D eigenvalue weighted by molar-refractivity contribution is 0.0509. The summed E-state index contributed by atoms with van der Waals surface area (Å²) in [6.45, 7) is 3.42. The van der Waals surface area contributed by atoms with Crippen molar-refractivity contribution in [2.24, 2.45) is 0 Å². The van der Waals surface area contributed by atoms with Crippen molar-refractivity contribution in [3.63, 3.8) is 0 Å². The van der Waals surface area contributed by atoms with Crippen molar-refractivity contribution in [2.45, 2.75) is 13.8 Å². The molecule has 0 aromatic carbocycles. The van der Waals surface area contributed by atoms with E-state index in [4.69, 9.17) is 4.74 Å². The van der Waals surface area contributed by atoms with Gasteiger partial charge in [-0.05, 0) is 30.2 Å². The maximum Gasteiger partial charge on any atom is 0.355 e. The van der Waals surface area contributed by atoms with E-state index in [-0.39, 0.29) is 11.6 Å². The topological polar surface area (TPSA) is 48.3 Å². The summed E-state index contributed by atoms with van der Waals surface area (Å²) >= 11 is 0. The molecule has 4 heteroatoms. The average molecular weight is 257 g/mol. The molecule has 0 amide bonds. The van der Waals surface area contributed by atoms with Crippen molar-refractivity contribution < 1.29 is 14.3 Å². The summed E-state index contributed by atoms with van der Waals surface area (Å²) in [7, 11) is 0. The summed E-state index contributed by atoms with van der Waals surface area (Å²) in [5.74, 6) is -0.671. The zero-order chi connectivity index (χ0) is 13.8. The van der Waals surface area contributed by atoms with E-state index in [1.165, 1.54) is 28.8 Å². The number of fused-ring (bicyclic) bond motifs is 1. The summed E-state index contributed by atoms with van der Waals surface area (Å²) in [6, 6.07) is 11.7. The van der Waals surface area contributed by atoms with Gasteiger partial charge in [0.15, 0.2) is 0 Å². The predicted molar refractivity (Wildman–Crippen MR) is 72.1 cm³/mol. The second-order valence-electron chi connectivity index (χ2n) is 4.08. The van der Waals surface area contributed by atoms with Crippen LogP contribution in [-0.2, 0) is 4.74 Å². The third kappa shape index (κ3) is 2.73. The summed E-state index contributed by atoms with van der Waals surface area (Å²) in [6.07, 6.45) is 1.54. The van der Waals surface area contributed by atoms with E-state index in [1.54, 1.807) is 19.1 Å². The van der Waals surface area contributed by atoms with Crippen LogP contribution in [0, 0.1) is 0 Å². The Morgan fingerprint density at radius 2 is 1.68 bits per heavy atom. The molecular weight excluding hydrogens is 242 g/mol. The fourth-order valence-corrected chi connectivity index (χ4v) is 1.69. The number of ether oxygens (including phenoxy) is 1. The number of esters is 1. The first-order valence-electron chi connectivity index (χ1n) is 6.09. The van der Waals surface area contributed by atoms with Crippen LogP contribution in [0.5, 0.6) is 0 Å². The molecule has 1 aromatic rings. The molecule has 0 unspecified atom stereocenters. The van der Waals surface area contributed by atoms with Crippen LogP contribution in [0.2, 0.25) is 0 Å². The summed E-state index contributed by atoms with van der Waals surface area (Å²) < 4.78 is 6.03. The zero-order valence-corrected chi connectivity index (χ0v) is 10.9. The van der Waals surface area contributed by atoms with Gasteiger partial charge in [-0.2, -0.15) is 0 Å². The van der Waals surface area contributed by atoms with Gasteiger partial charge in [0.1, 0.15) is 5.69 Å². The SMILES string of the molecule is CCOC(=O)c1cccn1C(C)=O.c1cc2ccc1-2. The van der Waals surface area contributed by atoms with Crippen molar-refractivity contribution in [1.82, 2.24) is 4.57 Å². The van der Waals surface area contributed by atoms with Crippen molar-refractivity contribution in [3.8, 4) is 11.1 Å². The molecule has 2 aliphatic carbocycles. The highest BCUT2D eigenvalue weighted by Gasteiger charge is 2.13. The lowest BCUT2D eigenvalue weighted by atomic mass is 9.95. The first-order valence-corrected chi connectivity index (χ1v) is 6.09. The second-order valence-corrected chi connectivity index (χ2v) is 4.08. The van der Waals surface area contributed by atoms with Crippen molar-refractivity contribution in [1.29, 1.82) is 0 Å². The molecule has 2 aliphatic rings. The van der Waals surface area contributed by atoms with E-state index in [0.29, 0.717) is 6.61 Å². The van der Waals surface area contributed by atoms with Crippen LogP contribution in [0.3, 0.4) is 0 Å². The number of rotatable bonds is 2. The van der Waals surface area contributed by atoms with E-state index in [0.717, 1.165) is 0 Å². The quantitative estimate of drug-likeness (QED) is 0.663. The first kappa shape index (κ1) is 13.1.